The summed E-state index contributed by atoms with van der Waals surface area (Å²) in [5.74, 6) is -0.490. The molecule has 0 amide bonds. The van der Waals surface area contributed by atoms with Gasteiger partial charge in [-0.15, -0.1) is 0 Å². The average molecular weight is 821 g/mol. The van der Waals surface area contributed by atoms with Gasteiger partial charge in [0.05, 0.1) is 68.3 Å². The molecule has 0 saturated carbocycles. The molecule has 6 aromatic heterocycles. The first-order valence-corrected chi connectivity index (χ1v) is 17.2. The Bertz CT molecular complexity index is 2750. The number of carbonyl (C=O) groups excluding carboxylic acids is 1. The summed E-state index contributed by atoms with van der Waals surface area (Å²) in [5, 5.41) is 23.3. The topological polar surface area (TPSA) is 135 Å². The van der Waals surface area contributed by atoms with Gasteiger partial charge in [0, 0.05) is 75.4 Å². The minimum Gasteiger partial charge on any atom is -0.465 e. The van der Waals surface area contributed by atoms with Crippen molar-refractivity contribution in [3.63, 3.8) is 0 Å². The van der Waals surface area contributed by atoms with E-state index >= 15 is 0 Å². The predicted molar refractivity (Wildman–Crippen MR) is 205 cm³/mol. The minimum absolute atomic E-state index is 0.334. The van der Waals surface area contributed by atoms with Crippen LogP contribution in [0.2, 0.25) is 10.0 Å². The molecular formula is C38H23Cl2IN8O2. The van der Waals surface area contributed by atoms with E-state index < -0.39 is 5.97 Å². The number of esters is 1. The summed E-state index contributed by atoms with van der Waals surface area (Å²) in [5.41, 5.74) is 6.85. The number of hydrogen-bond acceptors (Lipinski definition) is 8. The van der Waals surface area contributed by atoms with Crippen molar-refractivity contribution >= 4 is 95.4 Å². The van der Waals surface area contributed by atoms with E-state index in [1.54, 1.807) is 37.2 Å². The van der Waals surface area contributed by atoms with Gasteiger partial charge in [0.15, 0.2) is 0 Å². The van der Waals surface area contributed by atoms with E-state index in [4.69, 9.17) is 27.9 Å². The van der Waals surface area contributed by atoms with Crippen LogP contribution in [0.4, 0.5) is 0 Å². The van der Waals surface area contributed by atoms with E-state index in [1.165, 1.54) is 13.3 Å². The lowest BCUT2D eigenvalue weighted by Gasteiger charge is -2.07. The van der Waals surface area contributed by atoms with Crippen LogP contribution in [-0.2, 0) is 17.8 Å². The number of aromatic nitrogens is 6. The van der Waals surface area contributed by atoms with E-state index in [2.05, 4.69) is 71.4 Å². The van der Waals surface area contributed by atoms with E-state index in [9.17, 15) is 15.3 Å². The van der Waals surface area contributed by atoms with E-state index in [0.29, 0.717) is 50.7 Å². The molecular weight excluding hydrogens is 798 g/mol. The van der Waals surface area contributed by atoms with Crippen LogP contribution in [0.15, 0.2) is 98.1 Å². The summed E-state index contributed by atoms with van der Waals surface area (Å²) in [6.45, 7) is 1.19. The first kappa shape index (κ1) is 33.9. The number of hydrogen-bond donors (Lipinski definition) is 0. The zero-order chi connectivity index (χ0) is 35.6. The number of nitriles is 2. The van der Waals surface area contributed by atoms with Crippen LogP contribution in [0.25, 0.3) is 43.6 Å². The average Bonchev–Trinajstić information content (AvgIpc) is 3.67. The molecule has 0 aliphatic heterocycles. The van der Waals surface area contributed by atoms with Gasteiger partial charge in [-0.1, -0.05) is 35.3 Å². The Morgan fingerprint density at radius 2 is 1.25 bits per heavy atom. The van der Waals surface area contributed by atoms with Gasteiger partial charge in [-0.05, 0) is 70.1 Å². The lowest BCUT2D eigenvalue weighted by atomic mass is 10.1. The molecule has 13 heteroatoms. The smallest absolute Gasteiger partial charge is 0.340 e. The number of halogens is 3. The zero-order valence-electron chi connectivity index (χ0n) is 26.7. The summed E-state index contributed by atoms with van der Waals surface area (Å²) in [4.78, 5) is 29.1. The molecule has 6 heterocycles. The van der Waals surface area contributed by atoms with Crippen LogP contribution < -0.4 is 0 Å². The minimum atomic E-state index is -0.490. The fourth-order valence-corrected chi connectivity index (χ4v) is 7.26. The number of methoxy groups -OCH3 is 1. The van der Waals surface area contributed by atoms with Crippen molar-refractivity contribution in [1.82, 2.24) is 29.1 Å². The maximum atomic E-state index is 12.2. The molecule has 51 heavy (non-hydrogen) atoms. The summed E-state index contributed by atoms with van der Waals surface area (Å²) < 4.78 is 9.92. The van der Waals surface area contributed by atoms with Crippen molar-refractivity contribution in [2.45, 2.75) is 13.1 Å². The molecule has 0 bridgehead atoms. The van der Waals surface area contributed by atoms with Gasteiger partial charge in [-0.25, -0.2) is 4.79 Å². The standard InChI is InChI=1S/C20H13ClN4O2.C18H10ClIN4/c1-27-20(26)16-11-25(18-9-23-7-14(6-22)19(16)18)10-12-2-3-17-13(4-12)5-15(21)8-24-17;19-14-4-12-3-11(1-2-16(12)23-7-14)9-24-10-15(20)18-13(5-21)6-22-8-17(18)24/h2-5,7-9,11H,10H2,1H3;1-4,6-8,10H,9H2. The molecule has 0 N–H and O–H groups in total. The molecule has 0 radical (unpaired) electrons. The van der Waals surface area contributed by atoms with Crippen LogP contribution in [0.1, 0.15) is 32.6 Å². The highest BCUT2D eigenvalue weighted by molar-refractivity contribution is 14.1. The fraction of sp³-hybridized carbons (Fsp3) is 0.0789. The van der Waals surface area contributed by atoms with Crippen molar-refractivity contribution < 1.29 is 9.53 Å². The Kier molecular flexibility index (Phi) is 9.52. The normalized spacial score (nSPS) is 10.9. The number of fused-ring (bicyclic) bond motifs is 4. The predicted octanol–water partition coefficient (Wildman–Crippen LogP) is 8.71. The lowest BCUT2D eigenvalue weighted by molar-refractivity contribution is 0.0602. The van der Waals surface area contributed by atoms with Crippen LogP contribution in [0, 0.1) is 26.2 Å². The number of pyridine rings is 4. The van der Waals surface area contributed by atoms with Gasteiger partial charge in [-0.2, -0.15) is 10.5 Å². The zero-order valence-corrected chi connectivity index (χ0v) is 30.3. The molecule has 0 aliphatic rings. The molecule has 10 nitrogen and oxygen atoms in total. The van der Waals surface area contributed by atoms with Crippen LogP contribution in [-0.4, -0.2) is 42.1 Å². The van der Waals surface area contributed by atoms with Crippen LogP contribution >= 0.6 is 45.8 Å². The summed E-state index contributed by atoms with van der Waals surface area (Å²) in [6.07, 6.45) is 13.5. The number of benzene rings is 2. The van der Waals surface area contributed by atoms with Gasteiger partial charge < -0.3 is 13.9 Å². The molecule has 0 spiro atoms. The third kappa shape index (κ3) is 6.79. The number of nitrogens with zero attached hydrogens (tertiary/aromatic N) is 8. The molecule has 0 atom stereocenters. The Labute approximate surface area is 314 Å². The van der Waals surface area contributed by atoms with Gasteiger partial charge in [0.2, 0.25) is 0 Å². The van der Waals surface area contributed by atoms with Crippen molar-refractivity contribution in [2.75, 3.05) is 7.11 Å². The maximum Gasteiger partial charge on any atom is 0.340 e. The fourth-order valence-electron chi connectivity index (χ4n) is 6.02. The highest BCUT2D eigenvalue weighted by Crippen LogP contribution is 2.28. The largest absolute Gasteiger partial charge is 0.465 e. The number of carbonyl (C=O) groups is 1. The van der Waals surface area contributed by atoms with Gasteiger partial charge in [0.25, 0.3) is 0 Å². The second-order valence-corrected chi connectivity index (χ2v) is 13.5. The molecule has 0 aliphatic carbocycles. The monoisotopic (exact) mass is 820 g/mol. The van der Waals surface area contributed by atoms with Crippen LogP contribution in [0.3, 0.4) is 0 Å². The SMILES string of the molecule is COC(=O)c1cn(Cc2ccc3ncc(Cl)cc3c2)c2cncc(C#N)c12.N#Cc1cncc2c1c(I)cn2Cc1ccc2ncc(Cl)cc2c1. The second-order valence-electron chi connectivity index (χ2n) is 11.5. The first-order valence-electron chi connectivity index (χ1n) is 15.3. The summed E-state index contributed by atoms with van der Waals surface area (Å²) >= 11 is 14.3. The van der Waals surface area contributed by atoms with Crippen LogP contribution in [0.5, 0.6) is 0 Å². The van der Waals surface area contributed by atoms with Crippen molar-refractivity contribution in [2.24, 2.45) is 0 Å². The van der Waals surface area contributed by atoms with Gasteiger partial charge >= 0.3 is 5.97 Å². The van der Waals surface area contributed by atoms with Crippen molar-refractivity contribution in [1.29, 1.82) is 10.5 Å². The van der Waals surface area contributed by atoms with Crippen molar-refractivity contribution in [3.05, 3.63) is 140 Å². The summed E-state index contributed by atoms with van der Waals surface area (Å²) in [7, 11) is 1.32. The lowest BCUT2D eigenvalue weighted by Crippen LogP contribution is -2.01. The third-order valence-corrected chi connectivity index (χ3v) is 9.54. The van der Waals surface area contributed by atoms with Gasteiger partial charge in [-0.3, -0.25) is 19.9 Å². The van der Waals surface area contributed by atoms with Gasteiger partial charge in [0.1, 0.15) is 12.1 Å². The quantitative estimate of drug-likeness (QED) is 0.124. The highest BCUT2D eigenvalue weighted by Gasteiger charge is 2.19. The molecule has 0 unspecified atom stereocenters. The van der Waals surface area contributed by atoms with E-state index in [-0.39, 0.29) is 0 Å². The molecule has 0 saturated heterocycles. The molecule has 8 rings (SSSR count). The Morgan fingerprint density at radius 3 is 1.78 bits per heavy atom. The molecule has 2 aromatic carbocycles. The second kappa shape index (κ2) is 14.3. The number of rotatable bonds is 5. The Balaban J connectivity index is 0.000000160. The van der Waals surface area contributed by atoms with Crippen molar-refractivity contribution in [3.8, 4) is 12.1 Å². The molecule has 8 aromatic rings. The third-order valence-electron chi connectivity index (χ3n) is 8.31. The highest BCUT2D eigenvalue weighted by atomic mass is 127. The maximum absolute atomic E-state index is 12.2. The summed E-state index contributed by atoms with van der Waals surface area (Å²) in [6, 6.07) is 20.1. The Hall–Kier alpha value is -5.60. The first-order chi connectivity index (χ1) is 24.8. The molecule has 248 valence electrons. The molecule has 0 fully saturated rings. The number of ether oxygens (including phenoxy) is 1. The van der Waals surface area contributed by atoms with E-state index in [0.717, 1.165) is 47.4 Å². The Morgan fingerprint density at radius 1 is 0.745 bits per heavy atom. The van der Waals surface area contributed by atoms with E-state index in [1.807, 2.05) is 47.2 Å².